The van der Waals surface area contributed by atoms with E-state index in [1.54, 1.807) is 27.7 Å². The maximum absolute atomic E-state index is 13.1. The van der Waals surface area contributed by atoms with Crippen LogP contribution in [-0.4, -0.2) is 39.4 Å². The van der Waals surface area contributed by atoms with Crippen molar-refractivity contribution in [1.82, 2.24) is 5.32 Å². The van der Waals surface area contributed by atoms with Gasteiger partial charge in [-0.2, -0.15) is 13.2 Å². The molecule has 0 heterocycles. The Morgan fingerprint density at radius 3 is 2.18 bits per heavy atom. The molecule has 0 aromatic carbocycles. The number of aliphatic hydroxyl groups excluding tert-OH is 1. The summed E-state index contributed by atoms with van der Waals surface area (Å²) in [6.45, 7) is 7.42. The number of nitrogens with one attached hydrogen (secondary N) is 1. The minimum Gasteiger partial charge on any atom is -0.444 e. The zero-order valence-electron chi connectivity index (χ0n) is 13.3. The second-order valence-electron chi connectivity index (χ2n) is 5.88. The molecule has 1 amide bonds. The number of ether oxygens (including phenoxy) is 2. The highest BCUT2D eigenvalue weighted by molar-refractivity contribution is 14.1. The Hall–Kier alpha value is -0.290. The van der Waals surface area contributed by atoms with Gasteiger partial charge in [0.1, 0.15) is 5.60 Å². The molecule has 0 fully saturated rings. The van der Waals surface area contributed by atoms with E-state index in [0.717, 1.165) is 6.92 Å². The number of hydrogen-bond donors (Lipinski definition) is 2. The largest absolute Gasteiger partial charge is 0.444 e. The van der Waals surface area contributed by atoms with Gasteiger partial charge in [-0.1, -0.05) is 13.8 Å². The molecule has 0 rings (SSSR count). The smallest absolute Gasteiger partial charge is 0.408 e. The predicted octanol–water partition coefficient (Wildman–Crippen LogP) is 3.59. The molecule has 22 heavy (non-hydrogen) atoms. The molecule has 0 aromatic rings. The average Bonchev–Trinajstić information content (AvgIpc) is 2.30. The van der Waals surface area contributed by atoms with E-state index in [9.17, 15) is 23.1 Å². The van der Waals surface area contributed by atoms with Gasteiger partial charge in [0, 0.05) is 6.61 Å². The van der Waals surface area contributed by atoms with Gasteiger partial charge in [-0.25, -0.2) is 4.79 Å². The maximum atomic E-state index is 13.1. The molecule has 132 valence electrons. The van der Waals surface area contributed by atoms with Crippen LogP contribution in [0.25, 0.3) is 0 Å². The van der Waals surface area contributed by atoms with E-state index in [2.05, 4.69) is 5.32 Å². The Morgan fingerprint density at radius 2 is 1.82 bits per heavy atom. The number of halogens is 4. The van der Waals surface area contributed by atoms with Crippen molar-refractivity contribution in [2.75, 3.05) is 6.61 Å². The molecule has 0 bridgehead atoms. The van der Waals surface area contributed by atoms with E-state index < -0.39 is 33.6 Å². The van der Waals surface area contributed by atoms with E-state index in [1.807, 2.05) is 0 Å². The van der Waals surface area contributed by atoms with Crippen LogP contribution in [0.5, 0.6) is 0 Å². The minimum absolute atomic E-state index is 0.0620. The van der Waals surface area contributed by atoms with Crippen LogP contribution in [0.1, 0.15) is 41.0 Å². The Bertz CT molecular complexity index is 373. The van der Waals surface area contributed by atoms with E-state index >= 15 is 0 Å². The molecule has 2 unspecified atom stereocenters. The fraction of sp³-hybridized carbons (Fsp3) is 0.923. The number of aliphatic hydroxyl groups is 1. The third-order valence-electron chi connectivity index (χ3n) is 2.65. The van der Waals surface area contributed by atoms with E-state index in [0.29, 0.717) is 6.42 Å². The maximum Gasteiger partial charge on any atom is 0.408 e. The van der Waals surface area contributed by atoms with Crippen molar-refractivity contribution in [2.24, 2.45) is 5.92 Å². The molecule has 5 nitrogen and oxygen atoms in total. The minimum atomic E-state index is -4.63. The van der Waals surface area contributed by atoms with Crippen molar-refractivity contribution in [3.8, 4) is 0 Å². The SMILES string of the molecule is CCCOC(O)C(I)(NC(=O)OC(C)(C)C)[C@@H](C)C(F)(F)F. The fourth-order valence-corrected chi connectivity index (χ4v) is 2.19. The first-order chi connectivity index (χ1) is 9.74. The van der Waals surface area contributed by atoms with Gasteiger partial charge in [-0.3, -0.25) is 0 Å². The van der Waals surface area contributed by atoms with Crippen LogP contribution in [-0.2, 0) is 9.47 Å². The monoisotopic (exact) mass is 441 g/mol. The summed E-state index contributed by atoms with van der Waals surface area (Å²) in [6.07, 6.45) is -7.02. The van der Waals surface area contributed by atoms with Gasteiger partial charge in [-0.15, -0.1) is 0 Å². The van der Waals surface area contributed by atoms with Gasteiger partial charge in [0.05, 0.1) is 5.92 Å². The lowest BCUT2D eigenvalue weighted by atomic mass is 10.0. The summed E-state index contributed by atoms with van der Waals surface area (Å²) < 4.78 is 47.0. The van der Waals surface area contributed by atoms with E-state index in [1.165, 1.54) is 22.6 Å². The van der Waals surface area contributed by atoms with Crippen LogP contribution >= 0.6 is 22.6 Å². The van der Waals surface area contributed by atoms with Crippen LogP contribution < -0.4 is 5.32 Å². The third-order valence-corrected chi connectivity index (χ3v) is 4.39. The van der Waals surface area contributed by atoms with Gasteiger partial charge in [0.15, 0.2) is 9.84 Å². The summed E-state index contributed by atoms with van der Waals surface area (Å²) in [4.78, 5) is 11.8. The second-order valence-corrected chi connectivity index (χ2v) is 7.67. The molecule has 2 N–H and O–H groups in total. The van der Waals surface area contributed by atoms with Crippen molar-refractivity contribution in [1.29, 1.82) is 0 Å². The summed E-state index contributed by atoms with van der Waals surface area (Å²) in [5, 5.41) is 12.1. The number of carbonyl (C=O) groups is 1. The highest BCUT2D eigenvalue weighted by Crippen LogP contribution is 2.41. The molecular weight excluding hydrogens is 418 g/mol. The lowest BCUT2D eigenvalue weighted by Gasteiger charge is -2.39. The standard InChI is InChI=1S/C13H23F3INO4/c1-6-7-21-9(19)12(17,8(2)13(14,15)16)18-10(20)22-11(3,4)5/h8-9,19H,6-7H2,1-5H3,(H,18,20)/t8-,9?,12?/m1/s1. The first-order valence-electron chi connectivity index (χ1n) is 6.80. The van der Waals surface area contributed by atoms with Gasteiger partial charge in [-0.05, 0) is 49.8 Å². The molecule has 0 aliphatic carbocycles. The molecule has 0 aromatic heterocycles. The van der Waals surface area contributed by atoms with Crippen molar-refractivity contribution >= 4 is 28.7 Å². The Labute approximate surface area is 142 Å². The van der Waals surface area contributed by atoms with Gasteiger partial charge >= 0.3 is 12.3 Å². The average molecular weight is 441 g/mol. The quantitative estimate of drug-likeness (QED) is 0.286. The number of amides is 1. The molecule has 0 aliphatic heterocycles. The summed E-state index contributed by atoms with van der Waals surface area (Å²) in [6, 6.07) is 0. The Balaban J connectivity index is 5.29. The number of alkyl carbamates (subject to hydrolysis) is 1. The van der Waals surface area contributed by atoms with Crippen LogP contribution in [0, 0.1) is 5.92 Å². The Kier molecular flexibility index (Phi) is 7.90. The molecule has 0 spiro atoms. The molecule has 3 atom stereocenters. The van der Waals surface area contributed by atoms with Gasteiger partial charge < -0.3 is 19.9 Å². The first kappa shape index (κ1) is 21.7. The van der Waals surface area contributed by atoms with Crippen molar-refractivity contribution in [3.05, 3.63) is 0 Å². The topological polar surface area (TPSA) is 67.8 Å². The highest BCUT2D eigenvalue weighted by atomic mass is 127. The van der Waals surface area contributed by atoms with E-state index in [4.69, 9.17) is 9.47 Å². The number of hydrogen-bond acceptors (Lipinski definition) is 4. The molecule has 0 aliphatic rings. The lowest BCUT2D eigenvalue weighted by Crippen LogP contribution is -2.60. The Morgan fingerprint density at radius 1 is 1.32 bits per heavy atom. The molecule has 0 saturated heterocycles. The molecule has 0 radical (unpaired) electrons. The van der Waals surface area contributed by atoms with Crippen molar-refractivity contribution in [2.45, 2.75) is 62.7 Å². The lowest BCUT2D eigenvalue weighted by molar-refractivity contribution is -0.213. The van der Waals surface area contributed by atoms with Crippen LogP contribution in [0.3, 0.4) is 0 Å². The number of carbonyl (C=O) groups excluding carboxylic acids is 1. The zero-order chi connectivity index (χ0) is 17.8. The van der Waals surface area contributed by atoms with E-state index in [-0.39, 0.29) is 6.61 Å². The summed E-state index contributed by atoms with van der Waals surface area (Å²) in [5.74, 6) is -2.06. The van der Waals surface area contributed by atoms with Crippen molar-refractivity contribution < 1.29 is 32.5 Å². The highest BCUT2D eigenvalue weighted by Gasteiger charge is 2.55. The summed E-state index contributed by atoms with van der Waals surface area (Å²) >= 11 is 1.35. The normalized spacial score (nSPS) is 18.3. The number of alkyl halides is 4. The zero-order valence-corrected chi connectivity index (χ0v) is 15.4. The van der Waals surface area contributed by atoms with Crippen LogP contribution in [0.4, 0.5) is 18.0 Å². The van der Waals surface area contributed by atoms with Crippen LogP contribution in [0.15, 0.2) is 0 Å². The molecular formula is C13H23F3INO4. The van der Waals surface area contributed by atoms with Gasteiger partial charge in [0.2, 0.25) is 0 Å². The fourth-order valence-electron chi connectivity index (χ4n) is 1.43. The summed E-state index contributed by atoms with van der Waals surface area (Å²) in [7, 11) is 0. The molecule has 0 saturated carbocycles. The predicted molar refractivity (Wildman–Crippen MR) is 83.6 cm³/mol. The van der Waals surface area contributed by atoms with Gasteiger partial charge in [0.25, 0.3) is 0 Å². The number of rotatable bonds is 6. The summed E-state index contributed by atoms with van der Waals surface area (Å²) in [5.41, 5.74) is -0.877. The third kappa shape index (κ3) is 6.86. The first-order valence-corrected chi connectivity index (χ1v) is 7.88. The molecule has 9 heteroatoms. The van der Waals surface area contributed by atoms with Crippen LogP contribution in [0.2, 0.25) is 0 Å². The van der Waals surface area contributed by atoms with Crippen molar-refractivity contribution in [3.63, 3.8) is 0 Å². The second kappa shape index (κ2) is 8.00.